The van der Waals surface area contributed by atoms with Crippen LogP contribution < -0.4 is 0 Å². The Balaban J connectivity index is 1.91. The quantitative estimate of drug-likeness (QED) is 0.428. The summed E-state index contributed by atoms with van der Waals surface area (Å²) in [5, 5.41) is 9.17. The second kappa shape index (κ2) is 9.91. The van der Waals surface area contributed by atoms with Gasteiger partial charge in [-0.05, 0) is 42.2 Å². The SMILES string of the molecule is CC1CCC(C(C)C)C(OC(=O)COC(=O)/C(C#N)=C\c2ccccc2)C1. The predicted octanol–water partition coefficient (Wildman–Crippen LogP) is 4.14. The third-order valence-corrected chi connectivity index (χ3v) is 5.02. The Bertz CT molecular complexity index is 718. The maximum atomic E-state index is 12.2. The summed E-state index contributed by atoms with van der Waals surface area (Å²) in [6.45, 7) is 5.94. The highest BCUT2D eigenvalue weighted by Crippen LogP contribution is 2.35. The summed E-state index contributed by atoms with van der Waals surface area (Å²) in [5.41, 5.74) is 0.560. The Morgan fingerprint density at radius 3 is 2.59 bits per heavy atom. The van der Waals surface area contributed by atoms with Gasteiger partial charge in [0.25, 0.3) is 0 Å². The lowest BCUT2D eigenvalue weighted by Gasteiger charge is -2.36. The van der Waals surface area contributed by atoms with Crippen molar-refractivity contribution in [2.45, 2.75) is 46.1 Å². The van der Waals surface area contributed by atoms with Crippen molar-refractivity contribution in [2.75, 3.05) is 6.61 Å². The summed E-state index contributed by atoms with van der Waals surface area (Å²) < 4.78 is 10.6. The first-order valence-corrected chi connectivity index (χ1v) is 9.44. The maximum Gasteiger partial charge on any atom is 0.349 e. The number of rotatable bonds is 6. The average Bonchev–Trinajstić information content (AvgIpc) is 2.64. The van der Waals surface area contributed by atoms with E-state index in [0.717, 1.165) is 19.3 Å². The molecule has 1 saturated carbocycles. The van der Waals surface area contributed by atoms with E-state index in [1.807, 2.05) is 12.1 Å². The van der Waals surface area contributed by atoms with Crippen LogP contribution in [0, 0.1) is 29.1 Å². The molecule has 0 bridgehead atoms. The van der Waals surface area contributed by atoms with Gasteiger partial charge in [0.2, 0.25) is 0 Å². The van der Waals surface area contributed by atoms with Gasteiger partial charge in [0.1, 0.15) is 17.7 Å². The zero-order valence-electron chi connectivity index (χ0n) is 16.2. The van der Waals surface area contributed by atoms with Gasteiger partial charge < -0.3 is 9.47 Å². The van der Waals surface area contributed by atoms with Crippen LogP contribution in [0.15, 0.2) is 35.9 Å². The Labute approximate surface area is 161 Å². The minimum atomic E-state index is -0.823. The van der Waals surface area contributed by atoms with Crippen LogP contribution in [0.4, 0.5) is 0 Å². The number of nitriles is 1. The van der Waals surface area contributed by atoms with E-state index in [9.17, 15) is 14.9 Å². The van der Waals surface area contributed by atoms with Crippen LogP contribution in [0.5, 0.6) is 0 Å². The first-order chi connectivity index (χ1) is 12.9. The molecule has 0 aromatic heterocycles. The number of esters is 2. The molecule has 0 N–H and O–H groups in total. The zero-order valence-corrected chi connectivity index (χ0v) is 16.2. The van der Waals surface area contributed by atoms with Crippen molar-refractivity contribution < 1.29 is 19.1 Å². The molecule has 1 fully saturated rings. The van der Waals surface area contributed by atoms with Gasteiger partial charge >= 0.3 is 11.9 Å². The Kier molecular flexibility index (Phi) is 7.60. The topological polar surface area (TPSA) is 76.4 Å². The second-order valence-corrected chi connectivity index (χ2v) is 7.51. The van der Waals surface area contributed by atoms with Crippen molar-refractivity contribution in [2.24, 2.45) is 17.8 Å². The number of carbonyl (C=O) groups excluding carboxylic acids is 2. The Morgan fingerprint density at radius 1 is 1.26 bits per heavy atom. The van der Waals surface area contributed by atoms with E-state index in [1.165, 1.54) is 6.08 Å². The van der Waals surface area contributed by atoms with E-state index in [-0.39, 0.29) is 11.7 Å². The number of carbonyl (C=O) groups is 2. The van der Waals surface area contributed by atoms with E-state index < -0.39 is 18.5 Å². The highest BCUT2D eigenvalue weighted by Gasteiger charge is 2.33. The van der Waals surface area contributed by atoms with Crippen molar-refractivity contribution in [1.29, 1.82) is 5.26 Å². The van der Waals surface area contributed by atoms with E-state index >= 15 is 0 Å². The molecule has 0 amide bonds. The molecule has 5 heteroatoms. The molecule has 1 aliphatic carbocycles. The summed E-state index contributed by atoms with van der Waals surface area (Å²) in [4.78, 5) is 24.2. The van der Waals surface area contributed by atoms with Crippen molar-refractivity contribution in [3.8, 4) is 6.07 Å². The predicted molar refractivity (Wildman–Crippen MR) is 102 cm³/mol. The smallest absolute Gasteiger partial charge is 0.349 e. The largest absolute Gasteiger partial charge is 0.460 e. The first-order valence-electron chi connectivity index (χ1n) is 9.44. The lowest BCUT2D eigenvalue weighted by Crippen LogP contribution is -2.36. The highest BCUT2D eigenvalue weighted by atomic mass is 16.6. The normalized spacial score (nSPS) is 22.8. The number of hydrogen-bond acceptors (Lipinski definition) is 5. The molecule has 2 rings (SSSR count). The van der Waals surface area contributed by atoms with Crippen LogP contribution >= 0.6 is 0 Å². The van der Waals surface area contributed by atoms with E-state index in [0.29, 0.717) is 23.3 Å². The lowest BCUT2D eigenvalue weighted by molar-refractivity contribution is -0.165. The van der Waals surface area contributed by atoms with Crippen LogP contribution in [-0.4, -0.2) is 24.6 Å². The molecule has 0 spiro atoms. The first kappa shape index (κ1) is 20.7. The van der Waals surface area contributed by atoms with Gasteiger partial charge in [0.05, 0.1) is 0 Å². The fraction of sp³-hybridized carbons (Fsp3) is 0.500. The van der Waals surface area contributed by atoms with Crippen LogP contribution in [0.3, 0.4) is 0 Å². The van der Waals surface area contributed by atoms with Gasteiger partial charge in [-0.1, -0.05) is 57.5 Å². The summed E-state index contributed by atoms with van der Waals surface area (Å²) >= 11 is 0. The van der Waals surface area contributed by atoms with Gasteiger partial charge in [0, 0.05) is 0 Å². The maximum absolute atomic E-state index is 12.2. The molecular formula is C22H27NO4. The number of ether oxygens (including phenoxy) is 2. The summed E-state index contributed by atoms with van der Waals surface area (Å²) in [7, 11) is 0. The standard InChI is InChI=1S/C22H27NO4/c1-15(2)19-10-9-16(3)11-20(19)27-21(24)14-26-22(25)18(13-23)12-17-7-5-4-6-8-17/h4-8,12,15-16,19-20H,9-11,14H2,1-3H3/b18-12-. The summed E-state index contributed by atoms with van der Waals surface area (Å²) in [5.74, 6) is -0.120. The highest BCUT2D eigenvalue weighted by molar-refractivity contribution is 5.98. The molecule has 27 heavy (non-hydrogen) atoms. The van der Waals surface area contributed by atoms with Crippen molar-refractivity contribution in [3.63, 3.8) is 0 Å². The summed E-state index contributed by atoms with van der Waals surface area (Å²) in [6, 6.07) is 10.8. The molecule has 3 atom stereocenters. The zero-order chi connectivity index (χ0) is 19.8. The molecule has 0 radical (unpaired) electrons. The van der Waals surface area contributed by atoms with Crippen LogP contribution in [-0.2, 0) is 19.1 Å². The van der Waals surface area contributed by atoms with Gasteiger partial charge in [-0.3, -0.25) is 0 Å². The molecule has 0 heterocycles. The number of hydrogen-bond donors (Lipinski definition) is 0. The monoisotopic (exact) mass is 369 g/mol. The minimum Gasteiger partial charge on any atom is -0.460 e. The Hall–Kier alpha value is -2.61. The van der Waals surface area contributed by atoms with Gasteiger partial charge in [-0.15, -0.1) is 0 Å². The number of nitrogens with zero attached hydrogens (tertiary/aromatic N) is 1. The minimum absolute atomic E-state index is 0.143. The molecule has 1 aliphatic rings. The van der Waals surface area contributed by atoms with Crippen LogP contribution in [0.2, 0.25) is 0 Å². The van der Waals surface area contributed by atoms with E-state index in [2.05, 4.69) is 20.8 Å². The van der Waals surface area contributed by atoms with Gasteiger partial charge in [0.15, 0.2) is 6.61 Å². The molecule has 1 aromatic carbocycles. The van der Waals surface area contributed by atoms with Gasteiger partial charge in [-0.25, -0.2) is 9.59 Å². The third kappa shape index (κ3) is 6.25. The van der Waals surface area contributed by atoms with Crippen molar-refractivity contribution in [3.05, 3.63) is 41.5 Å². The molecule has 1 aromatic rings. The molecule has 5 nitrogen and oxygen atoms in total. The fourth-order valence-electron chi connectivity index (χ4n) is 3.51. The van der Waals surface area contributed by atoms with Crippen LogP contribution in [0.1, 0.15) is 45.6 Å². The fourth-order valence-corrected chi connectivity index (χ4v) is 3.51. The second-order valence-electron chi connectivity index (χ2n) is 7.51. The molecule has 0 saturated heterocycles. The molecule has 144 valence electrons. The van der Waals surface area contributed by atoms with E-state index in [4.69, 9.17) is 9.47 Å². The van der Waals surface area contributed by atoms with Crippen molar-refractivity contribution in [1.82, 2.24) is 0 Å². The molecular weight excluding hydrogens is 342 g/mol. The average molecular weight is 369 g/mol. The lowest BCUT2D eigenvalue weighted by atomic mass is 9.75. The van der Waals surface area contributed by atoms with Gasteiger partial charge in [-0.2, -0.15) is 5.26 Å². The summed E-state index contributed by atoms with van der Waals surface area (Å²) in [6.07, 6.45) is 4.30. The van der Waals surface area contributed by atoms with Crippen molar-refractivity contribution >= 4 is 18.0 Å². The van der Waals surface area contributed by atoms with E-state index in [1.54, 1.807) is 24.3 Å². The Morgan fingerprint density at radius 2 is 1.96 bits per heavy atom. The van der Waals surface area contributed by atoms with Crippen LogP contribution in [0.25, 0.3) is 6.08 Å². The molecule has 0 aliphatic heterocycles. The molecule has 3 unspecified atom stereocenters. The third-order valence-electron chi connectivity index (χ3n) is 5.02. The number of benzene rings is 1.